The van der Waals surface area contributed by atoms with Crippen molar-refractivity contribution in [2.45, 2.75) is 25.9 Å². The number of halogens is 5. The second-order valence-electron chi connectivity index (χ2n) is 6.39. The Morgan fingerprint density at radius 3 is 2.38 bits per heavy atom. The number of anilines is 1. The van der Waals surface area contributed by atoms with Gasteiger partial charge in [0.05, 0.1) is 27.2 Å². The first-order valence-corrected chi connectivity index (χ1v) is 9.22. The van der Waals surface area contributed by atoms with E-state index in [1.54, 1.807) is 19.9 Å². The van der Waals surface area contributed by atoms with Crippen LogP contribution >= 0.6 is 23.2 Å². The summed E-state index contributed by atoms with van der Waals surface area (Å²) in [6, 6.07) is 7.80. The molecule has 0 saturated carbocycles. The highest BCUT2D eigenvalue weighted by molar-refractivity contribution is 6.42. The van der Waals surface area contributed by atoms with Crippen LogP contribution in [0.5, 0.6) is 0 Å². The van der Waals surface area contributed by atoms with Gasteiger partial charge in [-0.1, -0.05) is 41.4 Å². The highest BCUT2D eigenvalue weighted by atomic mass is 35.5. The first-order valence-electron chi connectivity index (χ1n) is 8.47. The van der Waals surface area contributed by atoms with Gasteiger partial charge in [0.2, 0.25) is 0 Å². The molecule has 152 valence electrons. The Balaban J connectivity index is 2.48. The van der Waals surface area contributed by atoms with E-state index >= 15 is 0 Å². The van der Waals surface area contributed by atoms with Crippen molar-refractivity contribution in [3.63, 3.8) is 0 Å². The van der Waals surface area contributed by atoms with Crippen LogP contribution in [0.4, 0.5) is 18.9 Å². The maximum absolute atomic E-state index is 13.7. The quantitative estimate of drug-likeness (QED) is 0.545. The summed E-state index contributed by atoms with van der Waals surface area (Å²) < 4.78 is 41.1. The minimum atomic E-state index is -4.53. The third-order valence-electron chi connectivity index (χ3n) is 4.23. The smallest absolute Gasteiger partial charge is 0.399 e. The van der Waals surface area contributed by atoms with Crippen LogP contribution in [0.1, 0.15) is 33.7 Å². The molecule has 0 radical (unpaired) electrons. The van der Waals surface area contributed by atoms with Gasteiger partial charge >= 0.3 is 6.18 Å². The summed E-state index contributed by atoms with van der Waals surface area (Å²) in [7, 11) is 0. The summed E-state index contributed by atoms with van der Waals surface area (Å²) in [5, 5.41) is 12.5. The van der Waals surface area contributed by atoms with Gasteiger partial charge in [0.1, 0.15) is 6.07 Å². The van der Waals surface area contributed by atoms with Crippen molar-refractivity contribution in [1.82, 2.24) is 0 Å². The van der Waals surface area contributed by atoms with Gasteiger partial charge in [-0.25, -0.2) is 0 Å². The average Bonchev–Trinajstić information content (AvgIpc) is 2.63. The first kappa shape index (κ1) is 22.7. The van der Waals surface area contributed by atoms with Gasteiger partial charge in [0.25, 0.3) is 0 Å². The maximum atomic E-state index is 13.7. The molecule has 2 rings (SSSR count). The van der Waals surface area contributed by atoms with Gasteiger partial charge in [-0.05, 0) is 54.3 Å². The number of benzene rings is 2. The van der Waals surface area contributed by atoms with Crippen LogP contribution < -0.4 is 11.1 Å². The molecule has 0 bridgehead atoms. The van der Waals surface area contributed by atoms with Gasteiger partial charge in [-0.2, -0.15) is 18.4 Å². The molecule has 0 aliphatic heterocycles. The van der Waals surface area contributed by atoms with E-state index in [2.05, 4.69) is 5.32 Å². The fourth-order valence-corrected chi connectivity index (χ4v) is 3.26. The fourth-order valence-electron chi connectivity index (χ4n) is 2.87. The molecule has 0 saturated heterocycles. The minimum Gasteiger partial charge on any atom is -0.403 e. The molecule has 0 aromatic heterocycles. The van der Waals surface area contributed by atoms with E-state index in [1.165, 1.54) is 36.7 Å². The van der Waals surface area contributed by atoms with Crippen LogP contribution in [0.2, 0.25) is 10.0 Å². The van der Waals surface area contributed by atoms with E-state index in [4.69, 9.17) is 28.9 Å². The zero-order valence-corrected chi connectivity index (χ0v) is 17.1. The summed E-state index contributed by atoms with van der Waals surface area (Å²) in [6.45, 7) is 3.34. The van der Waals surface area contributed by atoms with E-state index in [0.29, 0.717) is 22.4 Å². The standard InChI is InChI=1S/C21H18Cl2F3N3/c1-12-8-15(10-18(22)19(12)23)17(21(24,25)26)4-3-14-7-13(2)20(29-6-5-27)16(9-14)11-28/h3-10,17,29H,27H2,1-2H3/b4-3+,6-5+. The lowest BCUT2D eigenvalue weighted by Crippen LogP contribution is -2.19. The van der Waals surface area contributed by atoms with E-state index in [9.17, 15) is 18.4 Å². The molecule has 0 aliphatic carbocycles. The molecule has 1 atom stereocenters. The minimum absolute atomic E-state index is 0.00996. The third kappa shape index (κ3) is 5.47. The molecular formula is C21H18Cl2F3N3. The Bertz CT molecular complexity index is 982. The largest absolute Gasteiger partial charge is 0.403 e. The number of nitriles is 1. The Morgan fingerprint density at radius 1 is 1.14 bits per heavy atom. The van der Waals surface area contributed by atoms with Crippen LogP contribution in [-0.2, 0) is 0 Å². The zero-order chi connectivity index (χ0) is 21.8. The summed E-state index contributed by atoms with van der Waals surface area (Å²) in [5.74, 6) is -1.88. The topological polar surface area (TPSA) is 61.8 Å². The lowest BCUT2D eigenvalue weighted by molar-refractivity contribution is -0.139. The predicted molar refractivity (Wildman–Crippen MR) is 112 cm³/mol. The van der Waals surface area contributed by atoms with Crippen LogP contribution in [0, 0.1) is 25.2 Å². The summed E-state index contributed by atoms with van der Waals surface area (Å²) in [6.07, 6.45) is 0.599. The highest BCUT2D eigenvalue weighted by Crippen LogP contribution is 2.39. The lowest BCUT2D eigenvalue weighted by Gasteiger charge is -2.19. The molecule has 2 aromatic rings. The van der Waals surface area contributed by atoms with Crippen LogP contribution in [-0.4, -0.2) is 6.18 Å². The van der Waals surface area contributed by atoms with Crippen LogP contribution in [0.3, 0.4) is 0 Å². The number of alkyl halides is 3. The van der Waals surface area contributed by atoms with Gasteiger partial charge in [0, 0.05) is 12.4 Å². The van der Waals surface area contributed by atoms with Gasteiger partial charge in [-0.3, -0.25) is 0 Å². The van der Waals surface area contributed by atoms with E-state index in [-0.39, 0.29) is 21.2 Å². The van der Waals surface area contributed by atoms with Crippen LogP contribution in [0.25, 0.3) is 6.08 Å². The molecule has 3 N–H and O–H groups in total. The Morgan fingerprint density at radius 2 is 1.83 bits per heavy atom. The second-order valence-corrected chi connectivity index (χ2v) is 7.17. The van der Waals surface area contributed by atoms with Crippen molar-refractivity contribution in [3.8, 4) is 6.07 Å². The van der Waals surface area contributed by atoms with Crippen molar-refractivity contribution in [2.75, 3.05) is 5.32 Å². The predicted octanol–water partition coefficient (Wildman–Crippen LogP) is 6.68. The fraction of sp³-hybridized carbons (Fsp3) is 0.190. The van der Waals surface area contributed by atoms with E-state index in [0.717, 1.165) is 6.08 Å². The third-order valence-corrected chi connectivity index (χ3v) is 5.12. The number of allylic oxidation sites excluding steroid dienone is 1. The molecule has 1 unspecified atom stereocenters. The van der Waals surface area contributed by atoms with Crippen molar-refractivity contribution in [1.29, 1.82) is 5.26 Å². The summed E-state index contributed by atoms with van der Waals surface area (Å²) in [5.41, 5.74) is 7.73. The van der Waals surface area contributed by atoms with Gasteiger partial charge < -0.3 is 11.1 Å². The van der Waals surface area contributed by atoms with Crippen molar-refractivity contribution < 1.29 is 13.2 Å². The first-order chi connectivity index (χ1) is 13.6. The Kier molecular flexibility index (Phi) is 7.23. The molecule has 29 heavy (non-hydrogen) atoms. The summed E-state index contributed by atoms with van der Waals surface area (Å²) in [4.78, 5) is 0. The van der Waals surface area contributed by atoms with Crippen molar-refractivity contribution in [3.05, 3.63) is 80.6 Å². The van der Waals surface area contributed by atoms with E-state index < -0.39 is 12.1 Å². The SMILES string of the molecule is Cc1cc(C(/C=C/c2cc(C)c(N/C=C/N)c(C#N)c2)C(F)(F)F)cc(Cl)c1Cl. The van der Waals surface area contributed by atoms with E-state index in [1.807, 2.05) is 6.07 Å². The number of hydrogen-bond donors (Lipinski definition) is 2. The number of nitrogens with two attached hydrogens (primary N) is 1. The van der Waals surface area contributed by atoms with Gasteiger partial charge in [-0.15, -0.1) is 0 Å². The Labute approximate surface area is 177 Å². The molecule has 2 aromatic carbocycles. The van der Waals surface area contributed by atoms with Crippen LogP contribution in [0.15, 0.2) is 42.7 Å². The maximum Gasteiger partial charge on any atom is 0.399 e. The number of nitrogens with one attached hydrogen (secondary N) is 1. The molecule has 0 aliphatic rings. The number of aryl methyl sites for hydroxylation is 2. The van der Waals surface area contributed by atoms with Gasteiger partial charge in [0.15, 0.2) is 0 Å². The zero-order valence-electron chi connectivity index (χ0n) is 15.6. The van der Waals surface area contributed by atoms with Crippen molar-refractivity contribution >= 4 is 35.0 Å². The molecular weight excluding hydrogens is 422 g/mol. The Hall–Kier alpha value is -2.62. The molecule has 0 amide bonds. The summed E-state index contributed by atoms with van der Waals surface area (Å²) >= 11 is 11.9. The van der Waals surface area contributed by atoms with Crippen molar-refractivity contribution in [2.24, 2.45) is 5.73 Å². The molecule has 3 nitrogen and oxygen atoms in total. The average molecular weight is 440 g/mol. The number of hydrogen-bond acceptors (Lipinski definition) is 3. The number of nitrogens with zero attached hydrogens (tertiary/aromatic N) is 1. The lowest BCUT2D eigenvalue weighted by atomic mass is 9.95. The number of rotatable bonds is 5. The highest BCUT2D eigenvalue weighted by Gasteiger charge is 2.39. The second kappa shape index (κ2) is 9.25. The molecule has 0 spiro atoms. The molecule has 0 fully saturated rings. The molecule has 8 heteroatoms. The monoisotopic (exact) mass is 439 g/mol. The normalized spacial score (nSPS) is 13.0. The molecule has 0 heterocycles.